The standard InChI is InChI=1S/C16H25NO/c1-13(17-15-9-10-18-12-15)11-16(2,3)14-7-5-4-6-8-14/h4-8,13,15,17H,9-12H2,1-3H3. The molecule has 1 aliphatic heterocycles. The summed E-state index contributed by atoms with van der Waals surface area (Å²) < 4.78 is 5.41. The Kier molecular flexibility index (Phi) is 4.41. The second-order valence-corrected chi connectivity index (χ2v) is 6.08. The van der Waals surface area contributed by atoms with Crippen LogP contribution in [0.5, 0.6) is 0 Å². The molecule has 100 valence electrons. The van der Waals surface area contributed by atoms with Gasteiger partial charge in [0.15, 0.2) is 0 Å². The van der Waals surface area contributed by atoms with Crippen LogP contribution in [-0.4, -0.2) is 25.3 Å². The molecule has 0 aliphatic carbocycles. The lowest BCUT2D eigenvalue weighted by molar-refractivity contribution is 0.187. The Morgan fingerprint density at radius 2 is 2.06 bits per heavy atom. The van der Waals surface area contributed by atoms with Crippen molar-refractivity contribution >= 4 is 0 Å². The van der Waals surface area contributed by atoms with Crippen LogP contribution >= 0.6 is 0 Å². The molecule has 2 atom stereocenters. The van der Waals surface area contributed by atoms with Crippen LogP contribution in [0.4, 0.5) is 0 Å². The van der Waals surface area contributed by atoms with E-state index in [0.29, 0.717) is 12.1 Å². The van der Waals surface area contributed by atoms with Crippen molar-refractivity contribution in [2.75, 3.05) is 13.2 Å². The average Bonchev–Trinajstić information content (AvgIpc) is 2.82. The van der Waals surface area contributed by atoms with E-state index in [1.807, 2.05) is 0 Å². The number of nitrogens with one attached hydrogen (secondary N) is 1. The lowest BCUT2D eigenvalue weighted by atomic mass is 9.79. The highest BCUT2D eigenvalue weighted by Crippen LogP contribution is 2.28. The topological polar surface area (TPSA) is 21.3 Å². The monoisotopic (exact) mass is 247 g/mol. The number of rotatable bonds is 5. The fourth-order valence-corrected chi connectivity index (χ4v) is 2.90. The zero-order chi connectivity index (χ0) is 13.0. The van der Waals surface area contributed by atoms with Gasteiger partial charge in [0.2, 0.25) is 0 Å². The van der Waals surface area contributed by atoms with Crippen LogP contribution < -0.4 is 5.32 Å². The van der Waals surface area contributed by atoms with Crippen molar-refractivity contribution in [2.24, 2.45) is 0 Å². The molecule has 0 radical (unpaired) electrons. The predicted molar refractivity (Wildman–Crippen MR) is 75.9 cm³/mol. The first-order valence-corrected chi connectivity index (χ1v) is 6.97. The van der Waals surface area contributed by atoms with Crippen LogP contribution in [0.2, 0.25) is 0 Å². The van der Waals surface area contributed by atoms with E-state index in [2.05, 4.69) is 56.4 Å². The SMILES string of the molecule is CC(CC(C)(C)c1ccccc1)NC1CCOC1. The van der Waals surface area contributed by atoms with E-state index < -0.39 is 0 Å². The number of hydrogen-bond donors (Lipinski definition) is 1. The minimum absolute atomic E-state index is 0.215. The third-order valence-electron chi connectivity index (χ3n) is 3.82. The van der Waals surface area contributed by atoms with Crippen molar-refractivity contribution in [3.63, 3.8) is 0 Å². The molecule has 2 heteroatoms. The zero-order valence-electron chi connectivity index (χ0n) is 11.8. The van der Waals surface area contributed by atoms with Gasteiger partial charge in [0.05, 0.1) is 6.61 Å². The third-order valence-corrected chi connectivity index (χ3v) is 3.82. The quantitative estimate of drug-likeness (QED) is 0.863. The van der Waals surface area contributed by atoms with Gasteiger partial charge in [0, 0.05) is 18.7 Å². The van der Waals surface area contributed by atoms with Gasteiger partial charge in [-0.2, -0.15) is 0 Å². The summed E-state index contributed by atoms with van der Waals surface area (Å²) in [5, 5.41) is 3.68. The van der Waals surface area contributed by atoms with Crippen LogP contribution in [-0.2, 0) is 10.2 Å². The second kappa shape index (κ2) is 5.85. The Morgan fingerprint density at radius 3 is 2.67 bits per heavy atom. The molecular weight excluding hydrogens is 222 g/mol. The molecule has 0 spiro atoms. The summed E-state index contributed by atoms with van der Waals surface area (Å²) in [6.45, 7) is 8.71. The summed E-state index contributed by atoms with van der Waals surface area (Å²) in [5.74, 6) is 0. The van der Waals surface area contributed by atoms with Crippen LogP contribution in [0.15, 0.2) is 30.3 Å². The molecule has 0 amide bonds. The minimum Gasteiger partial charge on any atom is -0.380 e. The molecule has 2 nitrogen and oxygen atoms in total. The van der Waals surface area contributed by atoms with E-state index in [4.69, 9.17) is 4.74 Å². The Hall–Kier alpha value is -0.860. The molecule has 2 unspecified atom stereocenters. The summed E-state index contributed by atoms with van der Waals surface area (Å²) in [7, 11) is 0. The highest BCUT2D eigenvalue weighted by molar-refractivity contribution is 5.23. The minimum atomic E-state index is 0.215. The fraction of sp³-hybridized carbons (Fsp3) is 0.625. The van der Waals surface area contributed by atoms with Gasteiger partial charge in [-0.15, -0.1) is 0 Å². The van der Waals surface area contributed by atoms with Gasteiger partial charge in [-0.05, 0) is 30.7 Å². The molecule has 0 aromatic heterocycles. The summed E-state index contributed by atoms with van der Waals surface area (Å²) in [6.07, 6.45) is 2.30. The maximum atomic E-state index is 5.41. The average molecular weight is 247 g/mol. The summed E-state index contributed by atoms with van der Waals surface area (Å²) in [4.78, 5) is 0. The molecule has 0 bridgehead atoms. The van der Waals surface area contributed by atoms with Gasteiger partial charge in [-0.1, -0.05) is 44.2 Å². The maximum Gasteiger partial charge on any atom is 0.0620 e. The van der Waals surface area contributed by atoms with Crippen molar-refractivity contribution in [2.45, 2.75) is 51.1 Å². The highest BCUT2D eigenvalue weighted by atomic mass is 16.5. The number of benzene rings is 1. The summed E-state index contributed by atoms with van der Waals surface area (Å²) in [5.41, 5.74) is 1.63. The fourth-order valence-electron chi connectivity index (χ4n) is 2.90. The van der Waals surface area contributed by atoms with Crippen LogP contribution in [0.3, 0.4) is 0 Å². The second-order valence-electron chi connectivity index (χ2n) is 6.08. The van der Waals surface area contributed by atoms with E-state index in [9.17, 15) is 0 Å². The molecule has 1 aromatic rings. The maximum absolute atomic E-state index is 5.41. The van der Waals surface area contributed by atoms with Crippen molar-refractivity contribution < 1.29 is 4.74 Å². The third kappa shape index (κ3) is 3.56. The van der Waals surface area contributed by atoms with E-state index >= 15 is 0 Å². The van der Waals surface area contributed by atoms with E-state index in [1.54, 1.807) is 0 Å². The predicted octanol–water partition coefficient (Wildman–Crippen LogP) is 3.12. The molecule has 1 N–H and O–H groups in total. The smallest absolute Gasteiger partial charge is 0.0620 e. The van der Waals surface area contributed by atoms with E-state index in [0.717, 1.165) is 26.1 Å². The van der Waals surface area contributed by atoms with Crippen molar-refractivity contribution in [3.8, 4) is 0 Å². The molecular formula is C16H25NO. The van der Waals surface area contributed by atoms with Gasteiger partial charge < -0.3 is 10.1 Å². The molecule has 1 fully saturated rings. The molecule has 1 aromatic carbocycles. The van der Waals surface area contributed by atoms with Crippen LogP contribution in [0.1, 0.15) is 39.2 Å². The zero-order valence-corrected chi connectivity index (χ0v) is 11.8. The lowest BCUT2D eigenvalue weighted by Gasteiger charge is -2.30. The Morgan fingerprint density at radius 1 is 1.33 bits per heavy atom. The molecule has 18 heavy (non-hydrogen) atoms. The molecule has 1 saturated heterocycles. The molecule has 1 aliphatic rings. The summed E-state index contributed by atoms with van der Waals surface area (Å²) in [6, 6.07) is 11.9. The van der Waals surface area contributed by atoms with Gasteiger partial charge in [-0.25, -0.2) is 0 Å². The highest BCUT2D eigenvalue weighted by Gasteiger charge is 2.25. The Labute approximate surface area is 111 Å². The Bertz CT molecular complexity index is 355. The van der Waals surface area contributed by atoms with Crippen molar-refractivity contribution in [1.82, 2.24) is 5.32 Å². The molecule has 1 heterocycles. The van der Waals surface area contributed by atoms with Gasteiger partial charge in [0.1, 0.15) is 0 Å². The molecule has 2 rings (SSSR count). The summed E-state index contributed by atoms with van der Waals surface area (Å²) >= 11 is 0. The van der Waals surface area contributed by atoms with Gasteiger partial charge in [-0.3, -0.25) is 0 Å². The van der Waals surface area contributed by atoms with E-state index in [1.165, 1.54) is 5.56 Å². The largest absolute Gasteiger partial charge is 0.380 e. The van der Waals surface area contributed by atoms with Gasteiger partial charge >= 0.3 is 0 Å². The van der Waals surface area contributed by atoms with E-state index in [-0.39, 0.29) is 5.41 Å². The Balaban J connectivity index is 1.90. The van der Waals surface area contributed by atoms with Crippen LogP contribution in [0, 0.1) is 0 Å². The molecule has 0 saturated carbocycles. The normalized spacial score (nSPS) is 22.1. The first-order valence-electron chi connectivity index (χ1n) is 6.97. The number of hydrogen-bond acceptors (Lipinski definition) is 2. The van der Waals surface area contributed by atoms with Crippen LogP contribution in [0.25, 0.3) is 0 Å². The van der Waals surface area contributed by atoms with Crippen molar-refractivity contribution in [1.29, 1.82) is 0 Å². The lowest BCUT2D eigenvalue weighted by Crippen LogP contribution is -2.40. The van der Waals surface area contributed by atoms with Crippen molar-refractivity contribution in [3.05, 3.63) is 35.9 Å². The van der Waals surface area contributed by atoms with Gasteiger partial charge in [0.25, 0.3) is 0 Å². The first-order chi connectivity index (χ1) is 8.58. The first kappa shape index (κ1) is 13.6. The number of ether oxygens (including phenoxy) is 1.